The smallest absolute Gasteiger partial charge is 0.136 e. The Morgan fingerprint density at radius 2 is 1.59 bits per heavy atom. The van der Waals surface area contributed by atoms with Crippen LogP contribution in [-0.4, -0.2) is 4.98 Å². The van der Waals surface area contributed by atoms with E-state index in [1.54, 1.807) is 18.3 Å². The van der Waals surface area contributed by atoms with Gasteiger partial charge in [-0.3, -0.25) is 0 Å². The van der Waals surface area contributed by atoms with Crippen molar-refractivity contribution in [3.8, 4) is 11.1 Å². The maximum Gasteiger partial charge on any atom is 0.136 e. The molecular weight excluding hydrogens is 393 g/mol. The Hall–Kier alpha value is -0.230. The number of rotatable bonds is 1. The summed E-state index contributed by atoms with van der Waals surface area (Å²) < 4.78 is 0.877. The number of aromatic nitrogens is 1. The van der Waals surface area contributed by atoms with E-state index in [0.717, 1.165) is 14.7 Å². The van der Waals surface area contributed by atoms with Crippen molar-refractivity contribution >= 4 is 63.2 Å². The number of pyridine rings is 1. The van der Waals surface area contributed by atoms with Crippen LogP contribution >= 0.6 is 57.4 Å². The summed E-state index contributed by atoms with van der Waals surface area (Å²) in [5, 5.41) is 1.19. The first-order valence-electron chi connectivity index (χ1n) is 4.55. The van der Waals surface area contributed by atoms with Gasteiger partial charge in [-0.1, -0.05) is 34.8 Å². The summed E-state index contributed by atoms with van der Waals surface area (Å²) in [6, 6.07) is 5.41. The molecule has 0 atom stereocenters. The molecule has 0 radical (unpaired) electrons. The second kappa shape index (κ2) is 5.18. The molecule has 0 bridgehead atoms. The van der Waals surface area contributed by atoms with Crippen molar-refractivity contribution in [2.75, 3.05) is 5.73 Å². The van der Waals surface area contributed by atoms with Gasteiger partial charge in [-0.25, -0.2) is 4.98 Å². The number of anilines is 1. The topological polar surface area (TPSA) is 38.9 Å². The van der Waals surface area contributed by atoms with Crippen LogP contribution in [-0.2, 0) is 0 Å². The molecular formula is C11H6Cl3IN2. The first-order valence-corrected chi connectivity index (χ1v) is 6.76. The number of nitrogens with zero attached hydrogens (tertiary/aromatic N) is 1. The lowest BCUT2D eigenvalue weighted by Crippen LogP contribution is -1.94. The maximum absolute atomic E-state index is 5.98. The molecule has 0 aliphatic heterocycles. The highest BCUT2D eigenvalue weighted by Gasteiger charge is 2.08. The summed E-state index contributed by atoms with van der Waals surface area (Å²) in [5.74, 6) is 0.500. The van der Waals surface area contributed by atoms with Gasteiger partial charge in [0.05, 0.1) is 18.6 Å². The highest BCUT2D eigenvalue weighted by molar-refractivity contribution is 14.1. The van der Waals surface area contributed by atoms with Crippen LogP contribution in [0.4, 0.5) is 5.82 Å². The van der Waals surface area contributed by atoms with Gasteiger partial charge < -0.3 is 5.73 Å². The van der Waals surface area contributed by atoms with Gasteiger partial charge in [-0.15, -0.1) is 0 Å². The first kappa shape index (κ1) is 13.2. The molecule has 1 aromatic heterocycles. The Balaban J connectivity index is 2.57. The second-order valence-corrected chi connectivity index (χ2v) is 5.70. The molecule has 0 amide bonds. The van der Waals surface area contributed by atoms with E-state index in [4.69, 9.17) is 40.5 Å². The molecule has 0 saturated carbocycles. The van der Waals surface area contributed by atoms with Gasteiger partial charge in [0.15, 0.2) is 0 Å². The Kier molecular flexibility index (Phi) is 4.02. The number of nitrogens with two attached hydrogens (primary N) is 1. The minimum atomic E-state index is 0.357. The minimum Gasteiger partial charge on any atom is -0.383 e. The average Bonchev–Trinajstić information content (AvgIpc) is 2.29. The molecule has 0 unspecified atom stereocenters. The summed E-state index contributed by atoms with van der Waals surface area (Å²) in [5.41, 5.74) is 7.41. The fourth-order valence-corrected chi connectivity index (χ4v) is 2.40. The molecule has 2 rings (SSSR count). The van der Waals surface area contributed by atoms with Crippen molar-refractivity contribution in [2.24, 2.45) is 0 Å². The lowest BCUT2D eigenvalue weighted by molar-refractivity contribution is 1.32. The van der Waals surface area contributed by atoms with Crippen molar-refractivity contribution in [2.45, 2.75) is 0 Å². The molecule has 0 fully saturated rings. The lowest BCUT2D eigenvalue weighted by Gasteiger charge is -2.06. The highest BCUT2D eigenvalue weighted by atomic mass is 127. The number of halogens is 4. The standard InChI is InChI=1S/C11H6Cl3IN2/c12-7-1-5(2-8(13)10(7)14)6-3-9(15)11(16)17-4-6/h1-4H,(H2,16,17). The lowest BCUT2D eigenvalue weighted by atomic mass is 10.1. The van der Waals surface area contributed by atoms with E-state index in [0.29, 0.717) is 20.9 Å². The summed E-state index contributed by atoms with van der Waals surface area (Å²) in [4.78, 5) is 4.09. The summed E-state index contributed by atoms with van der Waals surface area (Å²) >= 11 is 20.0. The number of benzene rings is 1. The van der Waals surface area contributed by atoms with E-state index in [-0.39, 0.29) is 0 Å². The molecule has 1 aromatic carbocycles. The van der Waals surface area contributed by atoms with E-state index in [1.807, 2.05) is 6.07 Å². The van der Waals surface area contributed by atoms with Crippen molar-refractivity contribution in [1.29, 1.82) is 0 Å². The minimum absolute atomic E-state index is 0.357. The molecule has 6 heteroatoms. The van der Waals surface area contributed by atoms with Crippen LogP contribution in [0.1, 0.15) is 0 Å². The number of nitrogen functional groups attached to an aromatic ring is 1. The van der Waals surface area contributed by atoms with Crippen LogP contribution in [0.5, 0.6) is 0 Å². The fraction of sp³-hybridized carbons (Fsp3) is 0. The van der Waals surface area contributed by atoms with Gasteiger partial charge in [0.1, 0.15) is 5.82 Å². The highest BCUT2D eigenvalue weighted by Crippen LogP contribution is 2.35. The normalized spacial score (nSPS) is 10.6. The number of hydrogen-bond acceptors (Lipinski definition) is 2. The van der Waals surface area contributed by atoms with E-state index >= 15 is 0 Å². The third kappa shape index (κ3) is 2.78. The predicted molar refractivity (Wildman–Crippen MR) is 81.8 cm³/mol. The van der Waals surface area contributed by atoms with Gasteiger partial charge in [-0.2, -0.15) is 0 Å². The third-order valence-corrected chi connectivity index (χ3v) is 4.25. The molecule has 17 heavy (non-hydrogen) atoms. The van der Waals surface area contributed by atoms with Crippen molar-refractivity contribution < 1.29 is 0 Å². The van der Waals surface area contributed by atoms with E-state index in [1.165, 1.54) is 0 Å². The van der Waals surface area contributed by atoms with Crippen LogP contribution in [0.3, 0.4) is 0 Å². The van der Waals surface area contributed by atoms with Crippen molar-refractivity contribution in [1.82, 2.24) is 4.98 Å². The third-order valence-electron chi connectivity index (χ3n) is 2.19. The van der Waals surface area contributed by atoms with E-state index in [2.05, 4.69) is 27.6 Å². The molecule has 0 spiro atoms. The molecule has 0 aliphatic rings. The zero-order valence-electron chi connectivity index (χ0n) is 8.35. The molecule has 2 N–H and O–H groups in total. The van der Waals surface area contributed by atoms with Gasteiger partial charge in [-0.05, 0) is 46.4 Å². The van der Waals surface area contributed by atoms with Gasteiger partial charge in [0, 0.05) is 11.8 Å². The van der Waals surface area contributed by atoms with Gasteiger partial charge in [0.25, 0.3) is 0 Å². The zero-order chi connectivity index (χ0) is 12.6. The SMILES string of the molecule is Nc1ncc(-c2cc(Cl)c(Cl)c(Cl)c2)cc1I. The molecule has 0 aliphatic carbocycles. The van der Waals surface area contributed by atoms with E-state index in [9.17, 15) is 0 Å². The van der Waals surface area contributed by atoms with Gasteiger partial charge in [0.2, 0.25) is 0 Å². The van der Waals surface area contributed by atoms with Crippen LogP contribution in [0.15, 0.2) is 24.4 Å². The molecule has 2 aromatic rings. The molecule has 88 valence electrons. The van der Waals surface area contributed by atoms with Crippen molar-refractivity contribution in [3.05, 3.63) is 43.0 Å². The summed E-state index contributed by atoms with van der Waals surface area (Å²) in [7, 11) is 0. The Labute approximate surface area is 127 Å². The average molecular weight is 399 g/mol. The monoisotopic (exact) mass is 398 g/mol. The largest absolute Gasteiger partial charge is 0.383 e. The fourth-order valence-electron chi connectivity index (χ4n) is 1.33. The van der Waals surface area contributed by atoms with Crippen LogP contribution < -0.4 is 5.73 Å². The molecule has 0 saturated heterocycles. The quantitative estimate of drug-likeness (QED) is 0.547. The van der Waals surface area contributed by atoms with Crippen LogP contribution in [0.25, 0.3) is 11.1 Å². The van der Waals surface area contributed by atoms with Crippen LogP contribution in [0, 0.1) is 3.57 Å². The Bertz CT molecular complexity index is 564. The van der Waals surface area contributed by atoms with E-state index < -0.39 is 0 Å². The zero-order valence-corrected chi connectivity index (χ0v) is 12.8. The molecule has 2 nitrogen and oxygen atoms in total. The van der Waals surface area contributed by atoms with Crippen molar-refractivity contribution in [3.63, 3.8) is 0 Å². The van der Waals surface area contributed by atoms with Gasteiger partial charge >= 0.3 is 0 Å². The predicted octanol–water partition coefficient (Wildman–Crippen LogP) is 4.90. The first-order chi connectivity index (χ1) is 7.99. The van der Waals surface area contributed by atoms with Crippen LogP contribution in [0.2, 0.25) is 15.1 Å². The second-order valence-electron chi connectivity index (χ2n) is 3.34. The Morgan fingerprint density at radius 1 is 1.00 bits per heavy atom. The Morgan fingerprint density at radius 3 is 2.12 bits per heavy atom. The summed E-state index contributed by atoms with van der Waals surface area (Å²) in [6.45, 7) is 0. The maximum atomic E-state index is 5.98. The summed E-state index contributed by atoms with van der Waals surface area (Å²) in [6.07, 6.45) is 1.67. The molecule has 1 heterocycles. The number of hydrogen-bond donors (Lipinski definition) is 1.